The first kappa shape index (κ1) is 21.3. The summed E-state index contributed by atoms with van der Waals surface area (Å²) in [5.74, 6) is -0.570. The fourth-order valence-electron chi connectivity index (χ4n) is 3.77. The average Bonchev–Trinajstić information content (AvgIpc) is 3.03. The number of benzene rings is 2. The van der Waals surface area contributed by atoms with Gasteiger partial charge in [-0.2, -0.15) is 4.31 Å². The minimum atomic E-state index is -3.63. The molecular weight excluding hydrogens is 449 g/mol. The Morgan fingerprint density at radius 1 is 0.800 bits per heavy atom. The molecule has 30 heavy (non-hydrogen) atoms. The summed E-state index contributed by atoms with van der Waals surface area (Å²) >= 11 is 11.7. The number of hydrogen-bond acceptors (Lipinski definition) is 5. The van der Waals surface area contributed by atoms with E-state index in [9.17, 15) is 18.0 Å². The molecule has 0 radical (unpaired) electrons. The van der Waals surface area contributed by atoms with Gasteiger partial charge in [-0.3, -0.25) is 14.5 Å². The molecule has 7 nitrogen and oxygen atoms in total. The van der Waals surface area contributed by atoms with Gasteiger partial charge in [0.2, 0.25) is 15.9 Å². The fraction of sp³-hybridized carbons (Fsp3) is 0.300. The number of nitrogens with zero attached hydrogens (tertiary/aromatic N) is 3. The van der Waals surface area contributed by atoms with E-state index in [1.54, 1.807) is 36.4 Å². The van der Waals surface area contributed by atoms with Crippen LogP contribution in [0.15, 0.2) is 53.4 Å². The number of hydrogen-bond donors (Lipinski definition) is 0. The van der Waals surface area contributed by atoms with Crippen molar-refractivity contribution in [2.75, 3.05) is 31.1 Å². The van der Waals surface area contributed by atoms with Crippen molar-refractivity contribution in [1.29, 1.82) is 0 Å². The third-order valence-corrected chi connectivity index (χ3v) is 7.79. The normalized spacial score (nSPS) is 21.4. The number of rotatable bonds is 4. The molecule has 0 spiro atoms. The van der Waals surface area contributed by atoms with Crippen molar-refractivity contribution >= 4 is 50.7 Å². The number of imide groups is 1. The highest BCUT2D eigenvalue weighted by Crippen LogP contribution is 2.28. The van der Waals surface area contributed by atoms with E-state index in [0.717, 1.165) is 0 Å². The maximum Gasteiger partial charge on any atom is 0.251 e. The van der Waals surface area contributed by atoms with Crippen LogP contribution in [0, 0.1) is 0 Å². The standard InChI is InChI=1S/C20H19Cl2N3O4S/c21-14-1-5-16(6-2-14)25-19(26)13-18(20(25)27)23-9-11-24(12-10-23)30(28,29)17-7-3-15(22)4-8-17/h1-8,18H,9-13H2/t18-/m0/s1. The number of piperazine rings is 1. The van der Waals surface area contributed by atoms with Gasteiger partial charge in [-0.1, -0.05) is 23.2 Å². The molecule has 0 bridgehead atoms. The Morgan fingerprint density at radius 2 is 1.33 bits per heavy atom. The van der Waals surface area contributed by atoms with Crippen LogP contribution in [-0.4, -0.2) is 61.7 Å². The van der Waals surface area contributed by atoms with Crippen LogP contribution < -0.4 is 4.90 Å². The molecule has 0 unspecified atom stereocenters. The van der Waals surface area contributed by atoms with Crippen LogP contribution in [0.3, 0.4) is 0 Å². The van der Waals surface area contributed by atoms with Crippen LogP contribution in [0.4, 0.5) is 5.69 Å². The van der Waals surface area contributed by atoms with Crippen molar-refractivity contribution in [3.63, 3.8) is 0 Å². The van der Waals surface area contributed by atoms with E-state index in [2.05, 4.69) is 0 Å². The first-order valence-electron chi connectivity index (χ1n) is 9.39. The molecule has 0 aromatic heterocycles. The minimum absolute atomic E-state index is 0.0748. The zero-order valence-electron chi connectivity index (χ0n) is 15.9. The molecule has 2 aromatic rings. The van der Waals surface area contributed by atoms with Gasteiger partial charge in [-0.25, -0.2) is 13.3 Å². The number of amides is 2. The summed E-state index contributed by atoms with van der Waals surface area (Å²) in [6.07, 6.45) is 0.0748. The highest BCUT2D eigenvalue weighted by atomic mass is 35.5. The molecule has 1 atom stereocenters. The van der Waals surface area contributed by atoms with E-state index in [0.29, 0.717) is 28.8 Å². The summed E-state index contributed by atoms with van der Waals surface area (Å²) < 4.78 is 27.1. The lowest BCUT2D eigenvalue weighted by atomic mass is 10.2. The molecule has 10 heteroatoms. The number of carbonyl (C=O) groups excluding carboxylic acids is 2. The Labute approximate surface area is 184 Å². The van der Waals surface area contributed by atoms with E-state index in [1.165, 1.54) is 21.3 Å². The van der Waals surface area contributed by atoms with E-state index in [4.69, 9.17) is 23.2 Å². The summed E-state index contributed by atoms with van der Waals surface area (Å²) in [6, 6.07) is 12.0. The van der Waals surface area contributed by atoms with Crippen LogP contribution in [0.25, 0.3) is 0 Å². The van der Waals surface area contributed by atoms with Gasteiger partial charge in [0, 0.05) is 36.2 Å². The molecule has 2 heterocycles. The van der Waals surface area contributed by atoms with Crippen LogP contribution in [0.5, 0.6) is 0 Å². The molecule has 2 saturated heterocycles. The predicted octanol–water partition coefficient (Wildman–Crippen LogP) is 2.63. The summed E-state index contributed by atoms with van der Waals surface area (Å²) in [5.41, 5.74) is 0.487. The third kappa shape index (κ3) is 3.98. The van der Waals surface area contributed by atoms with Crippen LogP contribution in [-0.2, 0) is 19.6 Å². The van der Waals surface area contributed by atoms with E-state index >= 15 is 0 Å². The Balaban J connectivity index is 1.44. The molecule has 2 aliphatic rings. The van der Waals surface area contributed by atoms with E-state index in [-0.39, 0.29) is 36.2 Å². The second-order valence-corrected chi connectivity index (χ2v) is 9.97. The molecule has 2 amide bonds. The van der Waals surface area contributed by atoms with Crippen molar-refractivity contribution in [3.8, 4) is 0 Å². The van der Waals surface area contributed by atoms with Gasteiger partial charge in [0.05, 0.1) is 23.0 Å². The molecule has 0 N–H and O–H groups in total. The maximum atomic E-state index is 12.9. The topological polar surface area (TPSA) is 78.0 Å². The van der Waals surface area contributed by atoms with Crippen molar-refractivity contribution in [2.45, 2.75) is 17.4 Å². The Hall–Kier alpha value is -1.97. The van der Waals surface area contributed by atoms with Gasteiger partial charge < -0.3 is 0 Å². The van der Waals surface area contributed by atoms with Crippen LogP contribution >= 0.6 is 23.2 Å². The summed E-state index contributed by atoms with van der Waals surface area (Å²) in [6.45, 7) is 1.21. The van der Waals surface area contributed by atoms with Crippen LogP contribution in [0.1, 0.15) is 6.42 Å². The van der Waals surface area contributed by atoms with E-state index < -0.39 is 16.1 Å². The lowest BCUT2D eigenvalue weighted by molar-refractivity contribution is -0.123. The second kappa shape index (κ2) is 8.28. The smallest absolute Gasteiger partial charge is 0.251 e. The first-order valence-corrected chi connectivity index (χ1v) is 11.6. The zero-order chi connectivity index (χ0) is 21.5. The minimum Gasteiger partial charge on any atom is -0.289 e. The Morgan fingerprint density at radius 3 is 1.90 bits per heavy atom. The van der Waals surface area contributed by atoms with Crippen molar-refractivity contribution in [3.05, 3.63) is 58.6 Å². The van der Waals surface area contributed by atoms with Crippen LogP contribution in [0.2, 0.25) is 10.0 Å². The largest absolute Gasteiger partial charge is 0.289 e. The summed E-state index contributed by atoms with van der Waals surface area (Å²) in [5, 5.41) is 0.987. The highest BCUT2D eigenvalue weighted by Gasteiger charge is 2.44. The Kier molecular flexibility index (Phi) is 5.87. The third-order valence-electron chi connectivity index (χ3n) is 5.37. The summed E-state index contributed by atoms with van der Waals surface area (Å²) in [7, 11) is -3.63. The fourth-order valence-corrected chi connectivity index (χ4v) is 5.45. The van der Waals surface area contributed by atoms with Gasteiger partial charge in [0.15, 0.2) is 0 Å². The van der Waals surface area contributed by atoms with Crippen molar-refractivity contribution < 1.29 is 18.0 Å². The maximum absolute atomic E-state index is 12.9. The number of anilines is 1. The quantitative estimate of drug-likeness (QED) is 0.645. The lowest BCUT2D eigenvalue weighted by Gasteiger charge is -2.36. The van der Waals surface area contributed by atoms with Gasteiger partial charge >= 0.3 is 0 Å². The zero-order valence-corrected chi connectivity index (χ0v) is 18.2. The second-order valence-electron chi connectivity index (χ2n) is 7.16. The van der Waals surface area contributed by atoms with Gasteiger partial charge in [0.1, 0.15) is 0 Å². The first-order chi connectivity index (χ1) is 14.3. The van der Waals surface area contributed by atoms with Gasteiger partial charge in [-0.05, 0) is 48.5 Å². The molecule has 0 saturated carbocycles. The number of halogens is 2. The average molecular weight is 468 g/mol. The Bertz CT molecular complexity index is 1070. The van der Waals surface area contributed by atoms with E-state index in [1.807, 2.05) is 4.90 Å². The highest BCUT2D eigenvalue weighted by molar-refractivity contribution is 7.89. The molecule has 2 fully saturated rings. The number of carbonyl (C=O) groups is 2. The molecule has 0 aliphatic carbocycles. The SMILES string of the molecule is O=C1C[C@H](N2CCN(S(=O)(=O)c3ccc(Cl)cc3)CC2)C(=O)N1c1ccc(Cl)cc1. The predicted molar refractivity (Wildman–Crippen MR) is 114 cm³/mol. The molecule has 2 aliphatic heterocycles. The number of sulfonamides is 1. The van der Waals surface area contributed by atoms with Gasteiger partial charge in [-0.15, -0.1) is 0 Å². The molecule has 158 valence electrons. The monoisotopic (exact) mass is 467 g/mol. The van der Waals surface area contributed by atoms with Gasteiger partial charge in [0.25, 0.3) is 5.91 Å². The molecular formula is C20H19Cl2N3O4S. The molecule has 2 aromatic carbocycles. The van der Waals surface area contributed by atoms with Crippen molar-refractivity contribution in [1.82, 2.24) is 9.21 Å². The van der Waals surface area contributed by atoms with Crippen molar-refractivity contribution in [2.24, 2.45) is 0 Å². The summed E-state index contributed by atoms with van der Waals surface area (Å²) in [4.78, 5) is 28.6. The molecule has 4 rings (SSSR count). The lowest BCUT2D eigenvalue weighted by Crippen LogP contribution is -2.53.